The van der Waals surface area contributed by atoms with Crippen LogP contribution >= 0.6 is 0 Å². The van der Waals surface area contributed by atoms with Crippen molar-refractivity contribution < 1.29 is 14.6 Å². The highest BCUT2D eigenvalue weighted by atomic mass is 16.5. The monoisotopic (exact) mass is 377 g/mol. The van der Waals surface area contributed by atoms with Gasteiger partial charge in [0.05, 0.1) is 12.7 Å². The van der Waals surface area contributed by atoms with Crippen LogP contribution in [0.5, 0.6) is 11.5 Å². The Morgan fingerprint density at radius 3 is 2.43 bits per heavy atom. The molecule has 0 saturated carbocycles. The summed E-state index contributed by atoms with van der Waals surface area (Å²) in [5.74, 6) is 4.06. The zero-order chi connectivity index (χ0) is 19.6. The second-order valence-electron chi connectivity index (χ2n) is 7.83. The summed E-state index contributed by atoms with van der Waals surface area (Å²) in [6, 6.07) is 16.8. The quantitative estimate of drug-likeness (QED) is 0.779. The van der Waals surface area contributed by atoms with Crippen molar-refractivity contribution in [2.45, 2.75) is 49.9 Å². The van der Waals surface area contributed by atoms with Crippen LogP contribution in [0.1, 0.15) is 36.8 Å². The minimum Gasteiger partial charge on any atom is -0.496 e. The Balaban J connectivity index is 1.48. The zero-order valence-electron chi connectivity index (χ0n) is 16.3. The lowest BCUT2D eigenvalue weighted by Crippen LogP contribution is -2.49. The number of benzene rings is 2. The van der Waals surface area contributed by atoms with E-state index in [4.69, 9.17) is 15.9 Å². The van der Waals surface area contributed by atoms with Crippen LogP contribution in [0.2, 0.25) is 0 Å². The molecule has 146 valence electrons. The second-order valence-corrected chi connectivity index (χ2v) is 7.83. The van der Waals surface area contributed by atoms with E-state index in [1.807, 2.05) is 36.4 Å². The van der Waals surface area contributed by atoms with Gasteiger partial charge in [-0.2, -0.15) is 0 Å². The molecule has 4 heteroatoms. The highest BCUT2D eigenvalue weighted by molar-refractivity contribution is 5.39. The van der Waals surface area contributed by atoms with Crippen LogP contribution in [-0.2, 0) is 12.1 Å². The van der Waals surface area contributed by atoms with E-state index in [2.05, 4.69) is 23.0 Å². The minimum atomic E-state index is -0.818. The Morgan fingerprint density at radius 1 is 1.11 bits per heavy atom. The van der Waals surface area contributed by atoms with Gasteiger partial charge in [0.25, 0.3) is 0 Å². The topological polar surface area (TPSA) is 41.9 Å². The standard InChI is InChI=1S/C24H27NO3/c1-3-14-28-21-12-8-18(9-13-21)17-25-19-10-11-20(25)16-24(26,15-19)22-6-4-5-7-23(22)27-2/h1,4-9,12-13,19-20,26H,10-11,14-17H2,2H3/t19-,20-/m0/s1. The molecule has 0 aromatic heterocycles. The van der Waals surface area contributed by atoms with Crippen molar-refractivity contribution in [1.82, 2.24) is 4.90 Å². The predicted octanol–water partition coefficient (Wildman–Crippen LogP) is 3.72. The molecule has 0 spiro atoms. The lowest BCUT2D eigenvalue weighted by molar-refractivity contribution is -0.0606. The van der Waals surface area contributed by atoms with E-state index in [1.54, 1.807) is 7.11 Å². The van der Waals surface area contributed by atoms with Crippen LogP contribution in [0.3, 0.4) is 0 Å². The molecule has 2 aliphatic rings. The first-order chi connectivity index (χ1) is 13.6. The molecule has 2 aromatic carbocycles. The van der Waals surface area contributed by atoms with Crippen LogP contribution in [0.25, 0.3) is 0 Å². The highest BCUT2D eigenvalue weighted by Gasteiger charge is 2.48. The van der Waals surface area contributed by atoms with E-state index >= 15 is 0 Å². The molecule has 0 radical (unpaired) electrons. The number of para-hydroxylation sites is 1. The maximum absolute atomic E-state index is 11.5. The summed E-state index contributed by atoms with van der Waals surface area (Å²) in [6.07, 6.45) is 8.99. The van der Waals surface area contributed by atoms with Crippen molar-refractivity contribution in [3.63, 3.8) is 0 Å². The van der Waals surface area contributed by atoms with Crippen molar-refractivity contribution in [2.75, 3.05) is 13.7 Å². The largest absolute Gasteiger partial charge is 0.496 e. The fourth-order valence-corrected chi connectivity index (χ4v) is 4.85. The van der Waals surface area contributed by atoms with Gasteiger partial charge in [0.1, 0.15) is 18.1 Å². The first kappa shape index (κ1) is 18.9. The van der Waals surface area contributed by atoms with E-state index < -0.39 is 5.60 Å². The number of nitrogens with zero attached hydrogens (tertiary/aromatic N) is 1. The molecule has 2 atom stereocenters. The maximum Gasteiger partial charge on any atom is 0.148 e. The van der Waals surface area contributed by atoms with E-state index in [-0.39, 0.29) is 6.61 Å². The number of methoxy groups -OCH3 is 1. The van der Waals surface area contributed by atoms with E-state index in [0.717, 1.165) is 49.3 Å². The van der Waals surface area contributed by atoms with Gasteiger partial charge in [-0.25, -0.2) is 0 Å². The van der Waals surface area contributed by atoms with Gasteiger partial charge in [0.15, 0.2) is 0 Å². The molecule has 2 aromatic rings. The van der Waals surface area contributed by atoms with Crippen molar-refractivity contribution in [3.05, 3.63) is 59.7 Å². The second kappa shape index (κ2) is 7.87. The fourth-order valence-electron chi connectivity index (χ4n) is 4.85. The summed E-state index contributed by atoms with van der Waals surface area (Å²) >= 11 is 0. The number of hydrogen-bond acceptors (Lipinski definition) is 4. The Labute approximate surface area is 167 Å². The molecule has 2 saturated heterocycles. The molecule has 1 N–H and O–H groups in total. The Kier molecular flexibility index (Phi) is 5.30. The molecule has 2 bridgehead atoms. The van der Waals surface area contributed by atoms with E-state index in [0.29, 0.717) is 12.1 Å². The Morgan fingerprint density at radius 2 is 1.79 bits per heavy atom. The third kappa shape index (κ3) is 3.61. The summed E-state index contributed by atoms with van der Waals surface area (Å²) in [5, 5.41) is 11.5. The number of terminal acetylenes is 1. The number of aliphatic hydroxyl groups is 1. The lowest BCUT2D eigenvalue weighted by atomic mass is 9.80. The average Bonchev–Trinajstić information content (AvgIpc) is 2.96. The number of fused-ring (bicyclic) bond motifs is 2. The number of rotatable bonds is 6. The Bertz CT molecular complexity index is 841. The predicted molar refractivity (Wildman–Crippen MR) is 109 cm³/mol. The van der Waals surface area contributed by atoms with Gasteiger partial charge < -0.3 is 14.6 Å². The van der Waals surface area contributed by atoms with Crippen LogP contribution in [-0.4, -0.2) is 35.8 Å². The van der Waals surface area contributed by atoms with Gasteiger partial charge in [0, 0.05) is 24.2 Å². The van der Waals surface area contributed by atoms with Crippen LogP contribution < -0.4 is 9.47 Å². The number of ether oxygens (including phenoxy) is 2. The summed E-state index contributed by atoms with van der Waals surface area (Å²) in [4.78, 5) is 2.56. The maximum atomic E-state index is 11.5. The molecule has 4 nitrogen and oxygen atoms in total. The van der Waals surface area contributed by atoms with Gasteiger partial charge in [0.2, 0.25) is 0 Å². The van der Waals surface area contributed by atoms with E-state index in [1.165, 1.54) is 5.56 Å². The third-order valence-corrected chi connectivity index (χ3v) is 6.14. The van der Waals surface area contributed by atoms with E-state index in [9.17, 15) is 5.11 Å². The SMILES string of the molecule is C#CCOc1ccc(CN2[C@H]3CC[C@H]2CC(O)(c2ccccc2OC)C3)cc1. The highest BCUT2D eigenvalue weighted by Crippen LogP contribution is 2.48. The lowest BCUT2D eigenvalue weighted by Gasteiger charge is -2.44. The van der Waals surface area contributed by atoms with Crippen LogP contribution in [0, 0.1) is 12.3 Å². The van der Waals surface area contributed by atoms with Crippen molar-refractivity contribution in [1.29, 1.82) is 0 Å². The van der Waals surface area contributed by atoms with Gasteiger partial charge in [-0.05, 0) is 49.4 Å². The molecular weight excluding hydrogens is 350 g/mol. The smallest absolute Gasteiger partial charge is 0.148 e. The third-order valence-electron chi connectivity index (χ3n) is 6.14. The average molecular weight is 377 g/mol. The molecule has 28 heavy (non-hydrogen) atoms. The molecule has 2 heterocycles. The van der Waals surface area contributed by atoms with Gasteiger partial charge >= 0.3 is 0 Å². The molecule has 0 unspecified atom stereocenters. The first-order valence-corrected chi connectivity index (χ1v) is 9.90. The molecule has 2 fully saturated rings. The normalized spacial score (nSPS) is 26.6. The van der Waals surface area contributed by atoms with Gasteiger partial charge in [-0.1, -0.05) is 36.3 Å². The Hall–Kier alpha value is -2.48. The summed E-state index contributed by atoms with van der Waals surface area (Å²) in [5.41, 5.74) is 1.36. The van der Waals surface area contributed by atoms with Crippen LogP contribution in [0.15, 0.2) is 48.5 Å². The molecule has 0 aliphatic carbocycles. The summed E-state index contributed by atoms with van der Waals surface area (Å²) in [6.45, 7) is 1.18. The zero-order valence-corrected chi connectivity index (χ0v) is 16.3. The number of hydrogen-bond donors (Lipinski definition) is 1. The summed E-state index contributed by atoms with van der Waals surface area (Å²) < 4.78 is 11.0. The van der Waals surface area contributed by atoms with Gasteiger partial charge in [-0.15, -0.1) is 6.42 Å². The van der Waals surface area contributed by atoms with Crippen molar-refractivity contribution in [2.24, 2.45) is 0 Å². The molecular formula is C24H27NO3. The molecule has 2 aliphatic heterocycles. The van der Waals surface area contributed by atoms with Gasteiger partial charge in [-0.3, -0.25) is 4.90 Å². The summed E-state index contributed by atoms with van der Waals surface area (Å²) in [7, 11) is 1.67. The fraction of sp³-hybridized carbons (Fsp3) is 0.417. The van der Waals surface area contributed by atoms with Crippen molar-refractivity contribution in [3.8, 4) is 23.8 Å². The minimum absolute atomic E-state index is 0.289. The molecule has 0 amide bonds. The number of piperidine rings is 1. The first-order valence-electron chi connectivity index (χ1n) is 9.90. The van der Waals surface area contributed by atoms with Crippen molar-refractivity contribution >= 4 is 0 Å². The van der Waals surface area contributed by atoms with Crippen LogP contribution in [0.4, 0.5) is 0 Å². The molecule has 4 rings (SSSR count).